The van der Waals surface area contributed by atoms with Crippen LogP contribution in [-0.4, -0.2) is 11.1 Å². The van der Waals surface area contributed by atoms with Gasteiger partial charge in [-0.2, -0.15) is 11.3 Å². The molecule has 0 aliphatic heterocycles. The first-order valence-corrected chi connectivity index (χ1v) is 5.42. The monoisotopic (exact) mass is 198 g/mol. The van der Waals surface area contributed by atoms with Crippen molar-refractivity contribution in [2.75, 3.05) is 0 Å². The van der Waals surface area contributed by atoms with Crippen LogP contribution in [0.3, 0.4) is 0 Å². The molecule has 0 saturated carbocycles. The van der Waals surface area contributed by atoms with Gasteiger partial charge in [-0.15, -0.1) is 0 Å². The van der Waals surface area contributed by atoms with Gasteiger partial charge < -0.3 is 5.11 Å². The van der Waals surface area contributed by atoms with E-state index < -0.39 is 5.97 Å². The van der Waals surface area contributed by atoms with Gasteiger partial charge in [0, 0.05) is 0 Å². The molecule has 0 aliphatic carbocycles. The highest BCUT2D eigenvalue weighted by atomic mass is 32.1. The molecule has 1 aromatic rings. The third kappa shape index (κ3) is 3.19. The predicted octanol–water partition coefficient (Wildman–Crippen LogP) is 2.79. The standard InChI is InChI=1S/C10H14O2S/c1-2-9(10(11)12)4-3-8-5-6-13-7-8/h5-7,9H,2-4H2,1H3,(H,11,12). The first-order chi connectivity index (χ1) is 6.24. The van der Waals surface area contributed by atoms with E-state index >= 15 is 0 Å². The van der Waals surface area contributed by atoms with Crippen LogP contribution in [0.1, 0.15) is 25.3 Å². The van der Waals surface area contributed by atoms with Crippen LogP contribution in [0.4, 0.5) is 0 Å². The number of carbonyl (C=O) groups is 1. The summed E-state index contributed by atoms with van der Waals surface area (Å²) in [6.07, 6.45) is 2.36. The first-order valence-electron chi connectivity index (χ1n) is 4.48. The fraction of sp³-hybridized carbons (Fsp3) is 0.500. The first kappa shape index (κ1) is 10.3. The van der Waals surface area contributed by atoms with Crippen molar-refractivity contribution in [2.24, 2.45) is 5.92 Å². The quantitative estimate of drug-likeness (QED) is 0.790. The number of aliphatic carboxylic acids is 1. The van der Waals surface area contributed by atoms with Crippen molar-refractivity contribution in [2.45, 2.75) is 26.2 Å². The minimum Gasteiger partial charge on any atom is -0.481 e. The zero-order valence-electron chi connectivity index (χ0n) is 7.69. The summed E-state index contributed by atoms with van der Waals surface area (Å²) >= 11 is 1.66. The van der Waals surface area contributed by atoms with Crippen molar-refractivity contribution in [1.82, 2.24) is 0 Å². The smallest absolute Gasteiger partial charge is 0.306 e. The maximum atomic E-state index is 10.7. The van der Waals surface area contributed by atoms with E-state index in [1.165, 1.54) is 5.56 Å². The third-order valence-electron chi connectivity index (χ3n) is 2.20. The molecule has 1 atom stereocenters. The maximum Gasteiger partial charge on any atom is 0.306 e. The second-order valence-corrected chi connectivity index (χ2v) is 3.89. The summed E-state index contributed by atoms with van der Waals surface area (Å²) < 4.78 is 0. The van der Waals surface area contributed by atoms with Crippen LogP contribution < -0.4 is 0 Å². The Bertz CT molecular complexity index is 254. The van der Waals surface area contributed by atoms with Crippen LogP contribution in [0, 0.1) is 5.92 Å². The van der Waals surface area contributed by atoms with Gasteiger partial charge in [-0.05, 0) is 41.7 Å². The van der Waals surface area contributed by atoms with E-state index in [1.54, 1.807) is 11.3 Å². The van der Waals surface area contributed by atoms with Crippen molar-refractivity contribution in [1.29, 1.82) is 0 Å². The lowest BCUT2D eigenvalue weighted by molar-refractivity contribution is -0.142. The summed E-state index contributed by atoms with van der Waals surface area (Å²) in [6.45, 7) is 1.92. The average Bonchev–Trinajstić information content (AvgIpc) is 2.57. The maximum absolute atomic E-state index is 10.7. The molecule has 2 nitrogen and oxygen atoms in total. The molecule has 1 unspecified atom stereocenters. The van der Waals surface area contributed by atoms with Crippen LogP contribution in [0.2, 0.25) is 0 Å². The molecular formula is C10H14O2S. The molecular weight excluding hydrogens is 184 g/mol. The number of carboxylic acids is 1. The zero-order valence-corrected chi connectivity index (χ0v) is 8.51. The summed E-state index contributed by atoms with van der Waals surface area (Å²) in [5.41, 5.74) is 1.25. The van der Waals surface area contributed by atoms with Crippen molar-refractivity contribution in [3.8, 4) is 0 Å². The largest absolute Gasteiger partial charge is 0.481 e. The minimum absolute atomic E-state index is 0.181. The number of aryl methyl sites for hydroxylation is 1. The molecule has 1 aromatic heterocycles. The molecule has 0 aromatic carbocycles. The van der Waals surface area contributed by atoms with E-state index in [4.69, 9.17) is 5.11 Å². The molecule has 0 saturated heterocycles. The van der Waals surface area contributed by atoms with Crippen LogP contribution >= 0.6 is 11.3 Å². The average molecular weight is 198 g/mol. The summed E-state index contributed by atoms with van der Waals surface area (Å²) in [5.74, 6) is -0.849. The van der Waals surface area contributed by atoms with Crippen molar-refractivity contribution >= 4 is 17.3 Å². The summed E-state index contributed by atoms with van der Waals surface area (Å²) in [5, 5.41) is 12.9. The van der Waals surface area contributed by atoms with E-state index in [0.717, 1.165) is 19.3 Å². The molecule has 0 fully saturated rings. The Morgan fingerprint density at radius 2 is 2.46 bits per heavy atom. The molecule has 1 rings (SSSR count). The second kappa shape index (κ2) is 5.02. The normalized spacial score (nSPS) is 12.7. The van der Waals surface area contributed by atoms with Crippen molar-refractivity contribution in [3.63, 3.8) is 0 Å². The molecule has 72 valence electrons. The molecule has 0 radical (unpaired) electrons. The highest BCUT2D eigenvalue weighted by Gasteiger charge is 2.14. The van der Waals surface area contributed by atoms with Crippen LogP contribution in [0.15, 0.2) is 16.8 Å². The van der Waals surface area contributed by atoms with Gasteiger partial charge in [0.15, 0.2) is 0 Å². The van der Waals surface area contributed by atoms with Crippen LogP contribution in [-0.2, 0) is 11.2 Å². The highest BCUT2D eigenvalue weighted by molar-refractivity contribution is 7.07. The Labute approximate surface area is 82.2 Å². The summed E-state index contributed by atoms with van der Waals surface area (Å²) in [4.78, 5) is 10.7. The molecule has 3 heteroatoms. The minimum atomic E-state index is -0.669. The number of thiophene rings is 1. The van der Waals surface area contributed by atoms with E-state index in [2.05, 4.69) is 11.4 Å². The second-order valence-electron chi connectivity index (χ2n) is 3.11. The number of hydrogen-bond acceptors (Lipinski definition) is 2. The number of carboxylic acid groups (broad SMARTS) is 1. The Balaban J connectivity index is 2.36. The molecule has 1 heterocycles. The lowest BCUT2D eigenvalue weighted by atomic mass is 9.99. The number of hydrogen-bond donors (Lipinski definition) is 1. The molecule has 13 heavy (non-hydrogen) atoms. The van der Waals surface area contributed by atoms with Gasteiger partial charge in [0.25, 0.3) is 0 Å². The lowest BCUT2D eigenvalue weighted by Crippen LogP contribution is -2.13. The fourth-order valence-corrected chi connectivity index (χ4v) is 1.98. The Kier molecular flexibility index (Phi) is 3.96. The SMILES string of the molecule is CCC(CCc1ccsc1)C(=O)O. The van der Waals surface area contributed by atoms with Gasteiger partial charge in [0.1, 0.15) is 0 Å². The van der Waals surface area contributed by atoms with E-state index in [-0.39, 0.29) is 5.92 Å². The topological polar surface area (TPSA) is 37.3 Å². The molecule has 1 N–H and O–H groups in total. The zero-order chi connectivity index (χ0) is 9.68. The highest BCUT2D eigenvalue weighted by Crippen LogP contribution is 2.15. The van der Waals surface area contributed by atoms with Gasteiger partial charge in [0.05, 0.1) is 5.92 Å². The van der Waals surface area contributed by atoms with Gasteiger partial charge in [-0.3, -0.25) is 4.79 Å². The Hall–Kier alpha value is -0.830. The van der Waals surface area contributed by atoms with Gasteiger partial charge in [0.2, 0.25) is 0 Å². The summed E-state index contributed by atoms with van der Waals surface area (Å²) in [7, 11) is 0. The molecule has 0 spiro atoms. The molecule has 0 bridgehead atoms. The van der Waals surface area contributed by atoms with E-state index in [0.29, 0.717) is 0 Å². The lowest BCUT2D eigenvalue weighted by Gasteiger charge is -2.07. The Morgan fingerprint density at radius 1 is 1.69 bits per heavy atom. The van der Waals surface area contributed by atoms with Crippen molar-refractivity contribution < 1.29 is 9.90 Å². The van der Waals surface area contributed by atoms with Crippen LogP contribution in [0.5, 0.6) is 0 Å². The molecule has 0 aliphatic rings. The summed E-state index contributed by atoms with van der Waals surface area (Å²) in [6, 6.07) is 2.05. The predicted molar refractivity (Wildman–Crippen MR) is 54.1 cm³/mol. The van der Waals surface area contributed by atoms with Gasteiger partial charge in [-0.25, -0.2) is 0 Å². The number of rotatable bonds is 5. The van der Waals surface area contributed by atoms with Crippen LogP contribution in [0.25, 0.3) is 0 Å². The van der Waals surface area contributed by atoms with E-state index in [9.17, 15) is 4.79 Å². The fourth-order valence-electron chi connectivity index (χ4n) is 1.28. The van der Waals surface area contributed by atoms with Gasteiger partial charge >= 0.3 is 5.97 Å². The third-order valence-corrected chi connectivity index (χ3v) is 2.94. The van der Waals surface area contributed by atoms with Crippen molar-refractivity contribution in [3.05, 3.63) is 22.4 Å². The Morgan fingerprint density at radius 3 is 2.92 bits per heavy atom. The van der Waals surface area contributed by atoms with Gasteiger partial charge in [-0.1, -0.05) is 6.92 Å². The molecule has 0 amide bonds. The van der Waals surface area contributed by atoms with E-state index in [1.807, 2.05) is 12.3 Å².